The standard InChI is InChI=1S/C14H22F3N3O2/c15-14(16,17)12(3-4-12)11(21)20-7-1-2-10(20)8-22-9-19-13(18)5-6-13/h10,19H,1-9,18H2/t10-/m0/s1. The van der Waals surface area contributed by atoms with Gasteiger partial charge in [0.1, 0.15) is 5.41 Å². The van der Waals surface area contributed by atoms with E-state index < -0.39 is 17.5 Å². The molecule has 2 saturated carbocycles. The molecule has 2 aliphatic carbocycles. The van der Waals surface area contributed by atoms with E-state index in [9.17, 15) is 18.0 Å². The lowest BCUT2D eigenvalue weighted by atomic mass is 10.0. The fraction of sp³-hybridized carbons (Fsp3) is 0.929. The lowest BCUT2D eigenvalue weighted by Gasteiger charge is -2.30. The molecule has 0 aromatic carbocycles. The van der Waals surface area contributed by atoms with E-state index >= 15 is 0 Å². The summed E-state index contributed by atoms with van der Waals surface area (Å²) in [6, 6.07) is -0.262. The molecule has 1 heterocycles. The minimum Gasteiger partial charge on any atom is -0.364 e. The van der Waals surface area contributed by atoms with Crippen molar-refractivity contribution in [2.24, 2.45) is 11.1 Å². The average molecular weight is 321 g/mol. The Morgan fingerprint density at radius 3 is 2.55 bits per heavy atom. The molecule has 0 aromatic heterocycles. The zero-order valence-electron chi connectivity index (χ0n) is 12.4. The van der Waals surface area contributed by atoms with Crippen molar-refractivity contribution in [3.63, 3.8) is 0 Å². The number of likely N-dealkylation sites (tertiary alicyclic amines) is 1. The van der Waals surface area contributed by atoms with Crippen molar-refractivity contribution < 1.29 is 22.7 Å². The first-order valence-electron chi connectivity index (χ1n) is 7.77. The van der Waals surface area contributed by atoms with Crippen molar-refractivity contribution in [2.45, 2.75) is 56.4 Å². The second kappa shape index (κ2) is 5.35. The Morgan fingerprint density at radius 1 is 1.32 bits per heavy atom. The smallest absolute Gasteiger partial charge is 0.364 e. The first-order valence-corrected chi connectivity index (χ1v) is 7.77. The van der Waals surface area contributed by atoms with E-state index in [1.165, 1.54) is 4.90 Å². The lowest BCUT2D eigenvalue weighted by molar-refractivity contribution is -0.199. The van der Waals surface area contributed by atoms with E-state index in [2.05, 4.69) is 5.32 Å². The van der Waals surface area contributed by atoms with Crippen LogP contribution in [0.3, 0.4) is 0 Å². The number of amides is 1. The zero-order valence-corrected chi connectivity index (χ0v) is 12.4. The highest BCUT2D eigenvalue weighted by Crippen LogP contribution is 2.59. The van der Waals surface area contributed by atoms with Gasteiger partial charge in [0.25, 0.3) is 0 Å². The molecule has 0 unspecified atom stereocenters. The van der Waals surface area contributed by atoms with Gasteiger partial charge in [-0.25, -0.2) is 0 Å². The van der Waals surface area contributed by atoms with Crippen molar-refractivity contribution in [3.05, 3.63) is 0 Å². The molecule has 1 saturated heterocycles. The number of nitrogens with one attached hydrogen (secondary N) is 1. The van der Waals surface area contributed by atoms with Crippen LogP contribution >= 0.6 is 0 Å². The van der Waals surface area contributed by atoms with Crippen LogP contribution in [0.4, 0.5) is 13.2 Å². The third-order valence-electron chi connectivity index (χ3n) is 4.97. The molecule has 126 valence electrons. The van der Waals surface area contributed by atoms with Crippen LogP contribution in [0.15, 0.2) is 0 Å². The minimum atomic E-state index is -4.45. The Hall–Kier alpha value is -0.860. The van der Waals surface area contributed by atoms with E-state index in [0.717, 1.165) is 19.3 Å². The van der Waals surface area contributed by atoms with Crippen LogP contribution in [0.25, 0.3) is 0 Å². The van der Waals surface area contributed by atoms with E-state index in [1.807, 2.05) is 0 Å². The first-order chi connectivity index (χ1) is 10.3. The minimum absolute atomic E-state index is 0.0866. The maximum atomic E-state index is 13.1. The summed E-state index contributed by atoms with van der Waals surface area (Å²) in [5.41, 5.74) is 3.39. The molecule has 1 aliphatic heterocycles. The molecule has 0 radical (unpaired) electrons. The Bertz CT molecular complexity index is 447. The molecule has 0 bridgehead atoms. The summed E-state index contributed by atoms with van der Waals surface area (Å²) in [6.45, 7) is 0.904. The van der Waals surface area contributed by atoms with Crippen molar-refractivity contribution >= 4 is 5.91 Å². The van der Waals surface area contributed by atoms with E-state index in [-0.39, 0.29) is 37.9 Å². The molecule has 1 amide bonds. The van der Waals surface area contributed by atoms with Gasteiger partial charge in [0.15, 0.2) is 0 Å². The van der Waals surface area contributed by atoms with Crippen LogP contribution in [0, 0.1) is 5.41 Å². The number of halogens is 3. The SMILES string of the molecule is NC1(NCOC[C@@H]2CCCN2C(=O)C2(C(F)(F)F)CC2)CC1. The van der Waals surface area contributed by atoms with Crippen molar-refractivity contribution in [3.8, 4) is 0 Å². The summed E-state index contributed by atoms with van der Waals surface area (Å²) in [5.74, 6) is -0.767. The van der Waals surface area contributed by atoms with Crippen LogP contribution in [-0.2, 0) is 9.53 Å². The van der Waals surface area contributed by atoms with Gasteiger partial charge in [-0.3, -0.25) is 10.1 Å². The second-order valence-electron chi connectivity index (χ2n) is 6.72. The largest absolute Gasteiger partial charge is 0.403 e. The molecule has 22 heavy (non-hydrogen) atoms. The molecule has 3 rings (SSSR count). The molecule has 8 heteroatoms. The van der Waals surface area contributed by atoms with Gasteiger partial charge in [-0.05, 0) is 38.5 Å². The normalized spacial score (nSPS) is 28.7. The van der Waals surface area contributed by atoms with Gasteiger partial charge in [0.05, 0.1) is 25.0 Å². The average Bonchev–Trinajstić information content (AvgIpc) is 3.33. The van der Waals surface area contributed by atoms with Gasteiger partial charge < -0.3 is 15.4 Å². The lowest BCUT2D eigenvalue weighted by Crippen LogP contribution is -2.48. The van der Waals surface area contributed by atoms with Crippen LogP contribution < -0.4 is 11.1 Å². The van der Waals surface area contributed by atoms with Crippen LogP contribution in [0.5, 0.6) is 0 Å². The number of alkyl halides is 3. The predicted octanol–water partition coefficient (Wildman–Crippen LogP) is 1.33. The number of ether oxygens (including phenoxy) is 1. The van der Waals surface area contributed by atoms with Gasteiger partial charge in [0, 0.05) is 6.54 Å². The second-order valence-corrected chi connectivity index (χ2v) is 6.72. The molecule has 3 fully saturated rings. The number of carbonyl (C=O) groups is 1. The molecule has 0 spiro atoms. The summed E-state index contributed by atoms with van der Waals surface area (Å²) in [6.07, 6.45) is -1.41. The Labute approximate surface area is 127 Å². The molecular formula is C14H22F3N3O2. The van der Waals surface area contributed by atoms with Crippen molar-refractivity contribution in [1.82, 2.24) is 10.2 Å². The van der Waals surface area contributed by atoms with Crippen molar-refractivity contribution in [1.29, 1.82) is 0 Å². The molecule has 3 N–H and O–H groups in total. The highest BCUT2D eigenvalue weighted by molar-refractivity contribution is 5.86. The van der Waals surface area contributed by atoms with Gasteiger partial charge in [0.2, 0.25) is 5.91 Å². The van der Waals surface area contributed by atoms with Crippen LogP contribution in [0.1, 0.15) is 38.5 Å². The molecule has 5 nitrogen and oxygen atoms in total. The van der Waals surface area contributed by atoms with Gasteiger partial charge in [-0.2, -0.15) is 13.2 Å². The van der Waals surface area contributed by atoms with Crippen molar-refractivity contribution in [2.75, 3.05) is 19.9 Å². The number of hydrogen-bond donors (Lipinski definition) is 2. The van der Waals surface area contributed by atoms with E-state index in [4.69, 9.17) is 10.5 Å². The molecular weight excluding hydrogens is 299 g/mol. The van der Waals surface area contributed by atoms with E-state index in [0.29, 0.717) is 13.0 Å². The van der Waals surface area contributed by atoms with Gasteiger partial charge >= 0.3 is 6.18 Å². The van der Waals surface area contributed by atoms with E-state index in [1.54, 1.807) is 0 Å². The quantitative estimate of drug-likeness (QED) is 0.572. The Balaban J connectivity index is 1.51. The number of nitrogens with zero attached hydrogens (tertiary/aromatic N) is 1. The molecule has 3 aliphatic rings. The van der Waals surface area contributed by atoms with Gasteiger partial charge in [-0.15, -0.1) is 0 Å². The summed E-state index contributed by atoms with van der Waals surface area (Å²) in [7, 11) is 0. The third-order valence-corrected chi connectivity index (χ3v) is 4.97. The summed E-state index contributed by atoms with van der Waals surface area (Å²) in [5, 5.41) is 3.04. The molecule has 1 atom stereocenters. The highest BCUT2D eigenvalue weighted by atomic mass is 19.4. The van der Waals surface area contributed by atoms with Crippen LogP contribution in [0.2, 0.25) is 0 Å². The fourth-order valence-corrected chi connectivity index (χ4v) is 3.00. The summed E-state index contributed by atoms with van der Waals surface area (Å²) < 4.78 is 44.7. The Morgan fingerprint density at radius 2 is 2.00 bits per heavy atom. The summed E-state index contributed by atoms with van der Waals surface area (Å²) in [4.78, 5) is 13.7. The maximum absolute atomic E-state index is 13.1. The molecule has 0 aromatic rings. The number of carbonyl (C=O) groups excluding carboxylic acids is 1. The van der Waals surface area contributed by atoms with Gasteiger partial charge in [-0.1, -0.05) is 0 Å². The topological polar surface area (TPSA) is 67.6 Å². The number of rotatable bonds is 6. The third kappa shape index (κ3) is 2.96. The highest BCUT2D eigenvalue weighted by Gasteiger charge is 2.69. The summed E-state index contributed by atoms with van der Waals surface area (Å²) >= 11 is 0. The monoisotopic (exact) mass is 321 g/mol. The zero-order chi connectivity index (χ0) is 16.0. The Kier molecular flexibility index (Phi) is 3.89. The van der Waals surface area contributed by atoms with Crippen LogP contribution in [-0.4, -0.2) is 48.6 Å². The first kappa shape index (κ1) is 16.0. The maximum Gasteiger partial charge on any atom is 0.403 e. The fourth-order valence-electron chi connectivity index (χ4n) is 3.00. The predicted molar refractivity (Wildman–Crippen MR) is 72.6 cm³/mol. The number of nitrogens with two attached hydrogens (primary N) is 1. The number of hydrogen-bond acceptors (Lipinski definition) is 4.